The van der Waals surface area contributed by atoms with Crippen molar-refractivity contribution in [2.24, 2.45) is 0 Å². The van der Waals surface area contributed by atoms with Crippen LogP contribution in [0.15, 0.2) is 55.0 Å². The Morgan fingerprint density at radius 2 is 1.87 bits per heavy atom. The third-order valence-corrected chi connectivity index (χ3v) is 7.16. The third kappa shape index (κ3) is 4.55. The van der Waals surface area contributed by atoms with Crippen molar-refractivity contribution >= 4 is 16.9 Å². The normalized spacial score (nSPS) is 14.2. The number of nitrogens with one attached hydrogen (secondary N) is 2. The molecular weight excluding hydrogens is 478 g/mol. The zero-order chi connectivity index (χ0) is 26.1. The van der Waals surface area contributed by atoms with Crippen LogP contribution in [0.1, 0.15) is 37.2 Å². The summed E-state index contributed by atoms with van der Waals surface area (Å²) in [4.78, 5) is 27.7. The lowest BCUT2D eigenvalue weighted by molar-refractivity contribution is 0.340. The fourth-order valence-electron chi connectivity index (χ4n) is 5.25. The Balaban J connectivity index is 1.20. The molecule has 1 fully saturated rings. The summed E-state index contributed by atoms with van der Waals surface area (Å²) in [5.41, 5.74) is 5.94. The van der Waals surface area contributed by atoms with Gasteiger partial charge in [-0.05, 0) is 51.0 Å². The average Bonchev–Trinajstić information content (AvgIpc) is 3.57. The Kier molecular flexibility index (Phi) is 6.41. The summed E-state index contributed by atoms with van der Waals surface area (Å²) < 4.78 is 11.0. The molecule has 0 spiro atoms. The number of methoxy groups -OCH3 is 1. The van der Waals surface area contributed by atoms with Crippen LogP contribution < -0.4 is 14.4 Å². The topological polar surface area (TPSA) is 105 Å². The molecule has 0 radical (unpaired) electrons. The molecule has 38 heavy (non-hydrogen) atoms. The van der Waals surface area contributed by atoms with Crippen molar-refractivity contribution < 1.29 is 9.47 Å². The van der Waals surface area contributed by atoms with Gasteiger partial charge in [-0.1, -0.05) is 12.1 Å². The summed E-state index contributed by atoms with van der Waals surface area (Å²) in [5, 5.41) is 1.02. The van der Waals surface area contributed by atoms with Gasteiger partial charge >= 0.3 is 0 Å². The number of aryl methyl sites for hydroxylation is 1. The van der Waals surface area contributed by atoms with Crippen molar-refractivity contribution in [2.45, 2.75) is 32.6 Å². The molecule has 0 saturated carbocycles. The number of H-pyrrole nitrogens is 2. The second-order valence-electron chi connectivity index (χ2n) is 9.55. The van der Waals surface area contributed by atoms with Crippen LogP contribution in [0.2, 0.25) is 0 Å². The Morgan fingerprint density at radius 1 is 1.00 bits per heavy atom. The van der Waals surface area contributed by atoms with Crippen LogP contribution in [0.5, 0.6) is 11.6 Å². The van der Waals surface area contributed by atoms with Gasteiger partial charge in [-0.3, -0.25) is 0 Å². The van der Waals surface area contributed by atoms with Crippen LogP contribution in [0, 0.1) is 6.92 Å². The van der Waals surface area contributed by atoms with E-state index in [1.54, 1.807) is 19.6 Å². The van der Waals surface area contributed by atoms with E-state index in [1.165, 1.54) is 0 Å². The van der Waals surface area contributed by atoms with Crippen LogP contribution in [0.25, 0.3) is 33.5 Å². The van der Waals surface area contributed by atoms with E-state index in [0.29, 0.717) is 18.4 Å². The maximum absolute atomic E-state index is 5.69. The third-order valence-electron chi connectivity index (χ3n) is 7.16. The highest BCUT2D eigenvalue weighted by molar-refractivity contribution is 5.92. The highest BCUT2D eigenvalue weighted by Crippen LogP contribution is 2.35. The number of benzene rings is 1. The lowest BCUT2D eigenvalue weighted by atomic mass is 9.96. The first-order valence-corrected chi connectivity index (χ1v) is 13.0. The summed E-state index contributed by atoms with van der Waals surface area (Å²) in [6.07, 6.45) is 5.37. The predicted octanol–water partition coefficient (Wildman–Crippen LogP) is 5.51. The van der Waals surface area contributed by atoms with Crippen LogP contribution >= 0.6 is 0 Å². The van der Waals surface area contributed by atoms with E-state index in [4.69, 9.17) is 14.5 Å². The average molecular weight is 510 g/mol. The van der Waals surface area contributed by atoms with Gasteiger partial charge in [0.25, 0.3) is 0 Å². The standard InChI is InChI=1S/C29H31N7O2/c1-4-38-22-7-5-6-21(14-22)26-18(2)33-27(35-26)19-9-12-36(13-10-19)29-23-16-24(34-28(23)31-17-32-29)20-8-11-30-25(15-20)37-3/h5-8,11,14-17,19H,4,9-10,12-13H2,1-3H3,(H,33,35)(H,31,32,34). The number of hydrogen-bond donors (Lipinski definition) is 2. The lowest BCUT2D eigenvalue weighted by Gasteiger charge is -2.32. The molecule has 194 valence electrons. The van der Waals surface area contributed by atoms with Gasteiger partial charge in [0.2, 0.25) is 5.88 Å². The van der Waals surface area contributed by atoms with Crippen LogP contribution in [-0.2, 0) is 0 Å². The van der Waals surface area contributed by atoms with Crippen molar-refractivity contribution in [1.82, 2.24) is 29.9 Å². The monoisotopic (exact) mass is 509 g/mol. The molecule has 0 atom stereocenters. The zero-order valence-corrected chi connectivity index (χ0v) is 21.9. The molecule has 0 bridgehead atoms. The zero-order valence-electron chi connectivity index (χ0n) is 21.9. The molecule has 9 nitrogen and oxygen atoms in total. The molecule has 5 heterocycles. The van der Waals surface area contributed by atoms with E-state index in [-0.39, 0.29) is 0 Å². The first-order valence-electron chi connectivity index (χ1n) is 13.0. The number of pyridine rings is 1. The molecule has 1 saturated heterocycles. The van der Waals surface area contributed by atoms with Gasteiger partial charge in [-0.2, -0.15) is 0 Å². The molecule has 9 heteroatoms. The fraction of sp³-hybridized carbons (Fsp3) is 0.310. The summed E-state index contributed by atoms with van der Waals surface area (Å²) in [7, 11) is 1.62. The number of anilines is 1. The van der Waals surface area contributed by atoms with E-state index < -0.39 is 0 Å². The molecule has 0 amide bonds. The number of rotatable bonds is 7. The summed E-state index contributed by atoms with van der Waals surface area (Å²) in [5.74, 6) is 3.84. The van der Waals surface area contributed by atoms with Crippen molar-refractivity contribution in [3.05, 3.63) is 66.5 Å². The van der Waals surface area contributed by atoms with E-state index in [9.17, 15) is 0 Å². The minimum absolute atomic E-state index is 0.372. The molecule has 4 aromatic heterocycles. The number of aromatic amines is 2. The van der Waals surface area contributed by atoms with Crippen molar-refractivity contribution in [2.75, 3.05) is 31.7 Å². The maximum atomic E-state index is 5.69. The first kappa shape index (κ1) is 24.0. The number of hydrogen-bond acceptors (Lipinski definition) is 7. The minimum atomic E-state index is 0.372. The molecule has 6 rings (SSSR count). The summed E-state index contributed by atoms with van der Waals surface area (Å²) in [6.45, 7) is 6.53. The fourth-order valence-corrected chi connectivity index (χ4v) is 5.25. The van der Waals surface area contributed by atoms with Gasteiger partial charge in [0, 0.05) is 53.8 Å². The molecular formula is C29H31N7O2. The molecule has 0 unspecified atom stereocenters. The Bertz CT molecular complexity index is 1570. The predicted molar refractivity (Wildman–Crippen MR) is 148 cm³/mol. The highest BCUT2D eigenvalue weighted by Gasteiger charge is 2.26. The quantitative estimate of drug-likeness (QED) is 0.298. The number of ether oxygens (including phenoxy) is 2. The molecule has 0 aliphatic carbocycles. The second kappa shape index (κ2) is 10.2. The van der Waals surface area contributed by atoms with Crippen molar-refractivity contribution in [1.29, 1.82) is 0 Å². The summed E-state index contributed by atoms with van der Waals surface area (Å²) >= 11 is 0. The second-order valence-corrected chi connectivity index (χ2v) is 9.55. The van der Waals surface area contributed by atoms with E-state index in [2.05, 4.69) is 54.9 Å². The molecule has 1 aromatic carbocycles. The summed E-state index contributed by atoms with van der Waals surface area (Å²) in [6, 6.07) is 14.1. The number of imidazole rings is 1. The van der Waals surface area contributed by atoms with Crippen LogP contribution in [0.3, 0.4) is 0 Å². The van der Waals surface area contributed by atoms with Crippen LogP contribution in [0.4, 0.5) is 5.82 Å². The number of piperidine rings is 1. The maximum Gasteiger partial charge on any atom is 0.213 e. The number of nitrogens with zero attached hydrogens (tertiary/aromatic N) is 5. The molecule has 1 aliphatic rings. The lowest BCUT2D eigenvalue weighted by Crippen LogP contribution is -2.33. The first-order chi connectivity index (χ1) is 18.6. The minimum Gasteiger partial charge on any atom is -0.494 e. The number of fused-ring (bicyclic) bond motifs is 1. The van der Waals surface area contributed by atoms with Gasteiger partial charge in [0.05, 0.1) is 24.8 Å². The van der Waals surface area contributed by atoms with Gasteiger partial charge in [-0.15, -0.1) is 0 Å². The smallest absolute Gasteiger partial charge is 0.213 e. The van der Waals surface area contributed by atoms with Crippen LogP contribution in [-0.4, -0.2) is 56.7 Å². The van der Waals surface area contributed by atoms with Gasteiger partial charge in [0.15, 0.2) is 0 Å². The SMILES string of the molecule is CCOc1cccc(-c2nc(C3CCN(c4ncnc5[nH]c(-c6ccnc(OC)c6)cc45)CC3)[nH]c2C)c1. The van der Waals surface area contributed by atoms with Gasteiger partial charge in [-0.25, -0.2) is 19.9 Å². The molecule has 1 aliphatic heterocycles. The molecule has 5 aromatic rings. The Labute approximate surface area is 221 Å². The largest absolute Gasteiger partial charge is 0.494 e. The van der Waals surface area contributed by atoms with E-state index >= 15 is 0 Å². The van der Waals surface area contributed by atoms with Gasteiger partial charge < -0.3 is 24.3 Å². The van der Waals surface area contributed by atoms with Gasteiger partial charge in [0.1, 0.15) is 29.4 Å². The highest BCUT2D eigenvalue weighted by atomic mass is 16.5. The molecule has 2 N–H and O–H groups in total. The van der Waals surface area contributed by atoms with Crippen molar-refractivity contribution in [3.8, 4) is 34.1 Å². The van der Waals surface area contributed by atoms with E-state index in [0.717, 1.165) is 82.6 Å². The van der Waals surface area contributed by atoms with Crippen molar-refractivity contribution in [3.63, 3.8) is 0 Å². The number of aromatic nitrogens is 6. The Morgan fingerprint density at radius 3 is 2.68 bits per heavy atom. The Hall–Kier alpha value is -4.40. The van der Waals surface area contributed by atoms with E-state index in [1.807, 2.05) is 31.2 Å².